The highest BCUT2D eigenvalue weighted by Crippen LogP contribution is 2.25. The Morgan fingerprint density at radius 3 is 2.95 bits per heavy atom. The van der Waals surface area contributed by atoms with Crippen LogP contribution >= 0.6 is 15.9 Å². The van der Waals surface area contributed by atoms with Crippen LogP contribution in [0.15, 0.2) is 4.47 Å². The molecular formula is C13H20BrN3O2. The number of carbonyl (C=O) groups is 1. The number of aromatic nitrogens is 2. The molecule has 1 unspecified atom stereocenters. The number of hydrogen-bond donors (Lipinski definition) is 1. The van der Waals surface area contributed by atoms with Crippen molar-refractivity contribution in [1.29, 1.82) is 0 Å². The zero-order valence-corrected chi connectivity index (χ0v) is 13.0. The second kappa shape index (κ2) is 6.05. The molecule has 1 fully saturated rings. The van der Waals surface area contributed by atoms with Gasteiger partial charge in [0, 0.05) is 19.6 Å². The van der Waals surface area contributed by atoms with E-state index in [1.807, 2.05) is 11.6 Å². The molecule has 2 heterocycles. The number of piperidine rings is 1. The predicted molar refractivity (Wildman–Crippen MR) is 76.0 cm³/mol. The second-order valence-electron chi connectivity index (χ2n) is 5.07. The van der Waals surface area contributed by atoms with Crippen molar-refractivity contribution in [3.8, 4) is 0 Å². The standard InChI is InChI=1S/C13H20BrN3O2/c1-3-17-11(12(14)9(2)15-17)8-16-6-4-5-10(7-16)13(18)19/h10H,3-8H2,1-2H3,(H,18,19). The van der Waals surface area contributed by atoms with Crippen molar-refractivity contribution < 1.29 is 9.90 Å². The Bertz CT molecular complexity index is 473. The largest absolute Gasteiger partial charge is 0.481 e. The summed E-state index contributed by atoms with van der Waals surface area (Å²) in [7, 11) is 0. The maximum Gasteiger partial charge on any atom is 0.307 e. The monoisotopic (exact) mass is 329 g/mol. The Balaban J connectivity index is 2.10. The van der Waals surface area contributed by atoms with Crippen molar-refractivity contribution in [2.75, 3.05) is 13.1 Å². The molecule has 1 aliphatic rings. The van der Waals surface area contributed by atoms with Gasteiger partial charge in [-0.05, 0) is 49.2 Å². The minimum atomic E-state index is -0.677. The number of aliphatic carboxylic acids is 1. The van der Waals surface area contributed by atoms with Gasteiger partial charge in [0.25, 0.3) is 0 Å². The molecule has 19 heavy (non-hydrogen) atoms. The van der Waals surface area contributed by atoms with Gasteiger partial charge in [-0.1, -0.05) is 0 Å². The van der Waals surface area contributed by atoms with E-state index in [1.165, 1.54) is 0 Å². The molecule has 0 bridgehead atoms. The number of nitrogens with zero attached hydrogens (tertiary/aromatic N) is 3. The highest BCUT2D eigenvalue weighted by Gasteiger charge is 2.26. The molecule has 1 aromatic rings. The van der Waals surface area contributed by atoms with Crippen LogP contribution in [0.2, 0.25) is 0 Å². The zero-order chi connectivity index (χ0) is 14.0. The van der Waals surface area contributed by atoms with Crippen molar-refractivity contribution in [1.82, 2.24) is 14.7 Å². The van der Waals surface area contributed by atoms with Crippen LogP contribution in [0, 0.1) is 12.8 Å². The van der Waals surface area contributed by atoms with Gasteiger partial charge < -0.3 is 5.11 Å². The molecule has 2 rings (SSSR count). The molecular weight excluding hydrogens is 310 g/mol. The number of carboxylic acids is 1. The summed E-state index contributed by atoms with van der Waals surface area (Å²) in [5.41, 5.74) is 2.13. The van der Waals surface area contributed by atoms with E-state index in [0.717, 1.165) is 48.3 Å². The average Bonchev–Trinajstić information content (AvgIpc) is 2.67. The van der Waals surface area contributed by atoms with Crippen molar-refractivity contribution in [2.24, 2.45) is 5.92 Å². The summed E-state index contributed by atoms with van der Waals surface area (Å²) in [4.78, 5) is 13.3. The van der Waals surface area contributed by atoms with E-state index in [9.17, 15) is 4.79 Å². The Morgan fingerprint density at radius 2 is 2.32 bits per heavy atom. The van der Waals surface area contributed by atoms with E-state index >= 15 is 0 Å². The van der Waals surface area contributed by atoms with Gasteiger partial charge in [0.05, 0.1) is 21.8 Å². The average molecular weight is 330 g/mol. The van der Waals surface area contributed by atoms with Gasteiger partial charge in [-0.2, -0.15) is 5.10 Å². The summed E-state index contributed by atoms with van der Waals surface area (Å²) < 4.78 is 3.04. The number of likely N-dealkylation sites (tertiary alicyclic amines) is 1. The molecule has 0 amide bonds. The first-order valence-electron chi connectivity index (χ1n) is 6.69. The van der Waals surface area contributed by atoms with E-state index < -0.39 is 5.97 Å². The van der Waals surface area contributed by atoms with Crippen LogP contribution in [0.25, 0.3) is 0 Å². The highest BCUT2D eigenvalue weighted by molar-refractivity contribution is 9.10. The van der Waals surface area contributed by atoms with E-state index in [4.69, 9.17) is 5.11 Å². The summed E-state index contributed by atoms with van der Waals surface area (Å²) >= 11 is 3.59. The van der Waals surface area contributed by atoms with Gasteiger partial charge in [0.2, 0.25) is 0 Å². The number of carboxylic acid groups (broad SMARTS) is 1. The lowest BCUT2D eigenvalue weighted by molar-refractivity contribution is -0.143. The number of rotatable bonds is 4. The van der Waals surface area contributed by atoms with Crippen LogP contribution < -0.4 is 0 Å². The molecule has 0 aliphatic carbocycles. The number of hydrogen-bond acceptors (Lipinski definition) is 3. The summed E-state index contributed by atoms with van der Waals surface area (Å²) in [6.45, 7) is 7.24. The third kappa shape index (κ3) is 3.17. The van der Waals surface area contributed by atoms with Crippen molar-refractivity contribution in [2.45, 2.75) is 39.8 Å². The molecule has 1 N–H and O–H groups in total. The van der Waals surface area contributed by atoms with Gasteiger partial charge in [0.15, 0.2) is 0 Å². The molecule has 106 valence electrons. The highest BCUT2D eigenvalue weighted by atomic mass is 79.9. The number of halogens is 1. The molecule has 6 heteroatoms. The smallest absolute Gasteiger partial charge is 0.307 e. The third-order valence-corrected chi connectivity index (χ3v) is 4.71. The van der Waals surface area contributed by atoms with Gasteiger partial charge in [-0.3, -0.25) is 14.4 Å². The van der Waals surface area contributed by atoms with E-state index in [2.05, 4.69) is 32.9 Å². The molecule has 1 atom stereocenters. The predicted octanol–water partition coefficient (Wildman–Crippen LogP) is 2.27. The maximum atomic E-state index is 11.1. The molecule has 0 spiro atoms. The Kier molecular flexibility index (Phi) is 4.62. The molecule has 5 nitrogen and oxygen atoms in total. The normalized spacial score (nSPS) is 20.7. The second-order valence-corrected chi connectivity index (χ2v) is 5.87. The van der Waals surface area contributed by atoms with E-state index in [1.54, 1.807) is 0 Å². The molecule has 0 saturated carbocycles. The van der Waals surface area contributed by atoms with E-state index in [0.29, 0.717) is 6.54 Å². The Hall–Kier alpha value is -0.880. The number of aryl methyl sites for hydroxylation is 2. The lowest BCUT2D eigenvalue weighted by Crippen LogP contribution is -2.38. The third-order valence-electron chi connectivity index (χ3n) is 3.68. The summed E-state index contributed by atoms with van der Waals surface area (Å²) in [5, 5.41) is 13.6. The van der Waals surface area contributed by atoms with Crippen LogP contribution in [-0.4, -0.2) is 38.8 Å². The van der Waals surface area contributed by atoms with Gasteiger partial charge in [-0.25, -0.2) is 0 Å². The summed E-state index contributed by atoms with van der Waals surface area (Å²) in [6, 6.07) is 0. The Morgan fingerprint density at radius 1 is 1.58 bits per heavy atom. The molecule has 1 aliphatic heterocycles. The molecule has 0 radical (unpaired) electrons. The fourth-order valence-electron chi connectivity index (χ4n) is 2.63. The minimum Gasteiger partial charge on any atom is -0.481 e. The van der Waals surface area contributed by atoms with Gasteiger partial charge in [-0.15, -0.1) is 0 Å². The lowest BCUT2D eigenvalue weighted by atomic mass is 9.98. The van der Waals surface area contributed by atoms with Crippen LogP contribution in [0.4, 0.5) is 0 Å². The van der Waals surface area contributed by atoms with Crippen LogP contribution in [0.5, 0.6) is 0 Å². The quantitative estimate of drug-likeness (QED) is 0.920. The fourth-order valence-corrected chi connectivity index (χ4v) is 3.04. The topological polar surface area (TPSA) is 58.4 Å². The molecule has 1 saturated heterocycles. The van der Waals surface area contributed by atoms with Gasteiger partial charge in [0.1, 0.15) is 0 Å². The lowest BCUT2D eigenvalue weighted by Gasteiger charge is -2.30. The summed E-state index contributed by atoms with van der Waals surface area (Å²) in [6.07, 6.45) is 1.74. The van der Waals surface area contributed by atoms with Crippen LogP contribution in [0.1, 0.15) is 31.2 Å². The SMILES string of the molecule is CCn1nc(C)c(Br)c1CN1CCCC(C(=O)O)C1. The van der Waals surface area contributed by atoms with Crippen LogP contribution in [0.3, 0.4) is 0 Å². The first-order chi connectivity index (χ1) is 9.02. The van der Waals surface area contributed by atoms with Gasteiger partial charge >= 0.3 is 5.97 Å². The van der Waals surface area contributed by atoms with Crippen molar-refractivity contribution >= 4 is 21.9 Å². The first kappa shape index (κ1) is 14.5. The molecule has 0 aromatic carbocycles. The van der Waals surface area contributed by atoms with Crippen molar-refractivity contribution in [3.05, 3.63) is 15.9 Å². The van der Waals surface area contributed by atoms with Crippen molar-refractivity contribution in [3.63, 3.8) is 0 Å². The van der Waals surface area contributed by atoms with Crippen LogP contribution in [-0.2, 0) is 17.9 Å². The minimum absolute atomic E-state index is 0.230. The fraction of sp³-hybridized carbons (Fsp3) is 0.692. The molecule has 1 aromatic heterocycles. The van der Waals surface area contributed by atoms with E-state index in [-0.39, 0.29) is 5.92 Å². The first-order valence-corrected chi connectivity index (χ1v) is 7.49. The summed E-state index contributed by atoms with van der Waals surface area (Å²) in [5.74, 6) is -0.907. The zero-order valence-electron chi connectivity index (χ0n) is 11.4. The maximum absolute atomic E-state index is 11.1. The Labute approximate surface area is 121 Å².